The van der Waals surface area contributed by atoms with E-state index in [1.54, 1.807) is 100 Å². The van der Waals surface area contributed by atoms with Gasteiger partial charge in [-0.1, -0.05) is 73.9 Å². The van der Waals surface area contributed by atoms with Crippen molar-refractivity contribution in [1.82, 2.24) is 73.8 Å². The maximum Gasteiger partial charge on any atom is 0.446 e. The molecule has 0 bridgehead atoms. The first-order chi connectivity index (χ1) is 55.6. The Labute approximate surface area is 677 Å². The number of aliphatic carboxylic acids is 1. The number of hydrogen-bond donors (Lipinski definition) is 8. The van der Waals surface area contributed by atoms with Gasteiger partial charge >= 0.3 is 18.2 Å². The molecule has 0 atom stereocenters. The molecule has 5 amide bonds. The van der Waals surface area contributed by atoms with Crippen molar-refractivity contribution in [1.29, 1.82) is 15.8 Å². The molecule has 6 aliphatic rings. The van der Waals surface area contributed by atoms with Gasteiger partial charge < -0.3 is 59.4 Å². The van der Waals surface area contributed by atoms with Crippen molar-refractivity contribution >= 4 is 59.4 Å². The molecule has 3 aromatic carbocycles. The number of nitriles is 3. The van der Waals surface area contributed by atoms with Gasteiger partial charge in [-0.3, -0.25) is 38.0 Å². The van der Waals surface area contributed by atoms with Crippen molar-refractivity contribution in [3.8, 4) is 75.7 Å². The minimum Gasteiger partial charge on any atom is -0.472 e. The van der Waals surface area contributed by atoms with Crippen LogP contribution in [0.15, 0.2) is 110 Å². The van der Waals surface area contributed by atoms with Crippen molar-refractivity contribution in [2.24, 2.45) is 33.4 Å². The maximum atomic E-state index is 12.5. The summed E-state index contributed by atoms with van der Waals surface area (Å²) in [5.41, 5.74) is 44.0. The van der Waals surface area contributed by atoms with Gasteiger partial charge in [-0.15, -0.1) is 0 Å². The number of aldehydes is 1. The molecule has 9 heterocycles. The molecule has 36 heteroatoms. The lowest BCUT2D eigenvalue weighted by Crippen LogP contribution is -2.43. The second kappa shape index (κ2) is 35.8. The highest BCUT2D eigenvalue weighted by Crippen LogP contribution is 2.57. The van der Waals surface area contributed by atoms with Crippen LogP contribution in [0.2, 0.25) is 0 Å². The van der Waals surface area contributed by atoms with Crippen molar-refractivity contribution < 1.29 is 56.6 Å². The number of halogens is 3. The van der Waals surface area contributed by atoms with Crippen LogP contribution < -0.4 is 39.7 Å². The molecule has 614 valence electrons. The summed E-state index contributed by atoms with van der Waals surface area (Å²) in [6, 6.07) is 28.8. The largest absolute Gasteiger partial charge is 0.472 e. The predicted molar refractivity (Wildman–Crippen MR) is 427 cm³/mol. The third kappa shape index (κ3) is 19.5. The van der Waals surface area contributed by atoms with Crippen LogP contribution >= 0.6 is 0 Å². The fraction of sp³-hybridized carbons (Fsp3) is 0.390. The van der Waals surface area contributed by atoms with Crippen molar-refractivity contribution in [2.45, 2.75) is 149 Å². The first kappa shape index (κ1) is 86.4. The number of carboxylic acid groups (broad SMARTS) is 1. The normalized spacial score (nSPS) is 19.7. The Bertz CT molecular complexity index is 5550. The van der Waals surface area contributed by atoms with E-state index in [2.05, 4.69) is 56.6 Å². The van der Waals surface area contributed by atoms with Crippen LogP contribution in [0.1, 0.15) is 182 Å². The SMILES string of the molecule is C.CC#CC(=O)N1CCC2(CC(n3nc(-c4cnn(Cc5ccccc5C#N)c4)c(C(N)=O)c3N)C2)C1.CC#CC(=O)O.CC(C)(C)OC(=O)N1CCC2(CC(n3nc(-c4cnn(Cc5ccccc5C#N)c4)c(C(N)=O)c3N)C2)C1.N#Cc1ccccc1Cn1cc(-c2nn(C3CC4(CCNC4)C3)c(N)c2C(N)=O)cn1.O=CC(F)(F)F. The van der Waals surface area contributed by atoms with Gasteiger partial charge in [-0.2, -0.15) is 59.5 Å². The quantitative estimate of drug-likeness (QED) is 0.0353. The first-order valence-electron chi connectivity index (χ1n) is 37.3. The summed E-state index contributed by atoms with van der Waals surface area (Å²) >= 11 is 0. The number of benzene rings is 3. The number of primary amides is 3. The number of nitrogen functional groups attached to an aromatic ring is 3. The standard InChI is InChI=1S/C27H32N8O3.C26H26N8O2.C22H24N8O.C4H4O2.C2HF3O.CH4/c1-26(2,3)38-25(37)33-9-8-27(16-33)10-20(11-27)35-23(29)21(24(30)36)22(32-35)19-13-31-34(15-19)14-18-7-5-4-6-17(18)12-28;1-2-5-21(35)32-9-8-26(16-32)10-20(11-26)34-24(28)22(25(29)36)23(31-34)19-13-30-33(15-19)14-18-7-4-3-6-17(18)12-27;23-9-14-3-1-2-4-15(14)11-29-12-16(10-27-29)19-18(21(25)31)20(24)30(28-19)17-7-22(8-17)5-6-26-13-22;1-2-3-4(5)6;3-2(4,5)1-6;/h4-7,13,15,20H,8-11,14,16,29H2,1-3H3,(H2,30,36);3-4,6-7,13,15,20H,8-11,14,16,28H2,1H3,(H2,29,36);1-4,10,12,17,26H,5-8,11,13,24H2,(H2,25,31);1H3,(H,5,6);1H;1H4. The van der Waals surface area contributed by atoms with Crippen LogP contribution in [0.5, 0.6) is 0 Å². The number of anilines is 3. The number of likely N-dealkylation sites (tertiary alicyclic amines) is 2. The van der Waals surface area contributed by atoms with Crippen LogP contribution in [0.25, 0.3) is 33.8 Å². The fourth-order valence-corrected chi connectivity index (χ4v) is 16.0. The number of ether oxygens (including phenoxy) is 1. The van der Waals surface area contributed by atoms with Gasteiger partial charge in [0, 0.05) is 73.9 Å². The van der Waals surface area contributed by atoms with Crippen LogP contribution in [-0.4, -0.2) is 167 Å². The van der Waals surface area contributed by atoms with E-state index in [-0.39, 0.29) is 76.7 Å². The van der Waals surface area contributed by atoms with Crippen LogP contribution in [0.3, 0.4) is 0 Å². The molecule has 0 unspecified atom stereocenters. The Morgan fingerprint density at radius 1 is 0.559 bits per heavy atom. The van der Waals surface area contributed by atoms with E-state index >= 15 is 0 Å². The second-order valence-electron chi connectivity index (χ2n) is 30.8. The smallest absolute Gasteiger partial charge is 0.446 e. The zero-order valence-electron chi connectivity index (χ0n) is 64.8. The van der Waals surface area contributed by atoms with E-state index in [1.165, 1.54) is 6.92 Å². The Hall–Kier alpha value is -14.1. The molecule has 6 fully saturated rings. The van der Waals surface area contributed by atoms with E-state index in [4.69, 9.17) is 64.3 Å². The average Bonchev–Trinajstić information content (AvgIpc) is 1.59. The number of amides is 5. The number of nitrogens with one attached hydrogen (secondary N) is 1. The maximum absolute atomic E-state index is 12.5. The third-order valence-corrected chi connectivity index (χ3v) is 21.5. The summed E-state index contributed by atoms with van der Waals surface area (Å²) in [6.45, 7) is 14.7. The molecule has 3 aliphatic heterocycles. The predicted octanol–water partition coefficient (Wildman–Crippen LogP) is 8.37. The van der Waals surface area contributed by atoms with Gasteiger partial charge in [0.25, 0.3) is 23.6 Å². The third-order valence-electron chi connectivity index (χ3n) is 21.5. The molecule has 118 heavy (non-hydrogen) atoms. The molecule has 9 aromatic rings. The number of nitrogens with zero attached hydrogens (tertiary/aromatic N) is 17. The summed E-state index contributed by atoms with van der Waals surface area (Å²) in [4.78, 5) is 83.3. The van der Waals surface area contributed by atoms with Crippen molar-refractivity contribution in [2.75, 3.05) is 56.5 Å². The monoisotopic (exact) mass is 1610 g/mol. The molecule has 3 spiro atoms. The number of carboxylic acids is 1. The molecule has 3 aliphatic carbocycles. The molecule has 33 nitrogen and oxygen atoms in total. The molecule has 6 aromatic heterocycles. The zero-order chi connectivity index (χ0) is 84.5. The Balaban J connectivity index is 0.000000174. The highest BCUT2D eigenvalue weighted by Gasteiger charge is 2.53. The van der Waals surface area contributed by atoms with E-state index < -0.39 is 41.8 Å². The number of carbonyl (C=O) groups is 7. The van der Waals surface area contributed by atoms with E-state index in [0.717, 1.165) is 87.6 Å². The van der Waals surface area contributed by atoms with Crippen molar-refractivity contribution in [3.63, 3.8) is 0 Å². The second-order valence-corrected chi connectivity index (χ2v) is 30.8. The topological polar surface area (TPSA) is 502 Å². The summed E-state index contributed by atoms with van der Waals surface area (Å²) in [5, 5.41) is 66.5. The van der Waals surface area contributed by atoms with E-state index in [9.17, 15) is 57.7 Å². The summed E-state index contributed by atoms with van der Waals surface area (Å²) in [6.07, 6.45) is 12.4. The minimum atomic E-state index is -4.64. The van der Waals surface area contributed by atoms with E-state index in [0.29, 0.717) is 108 Å². The highest BCUT2D eigenvalue weighted by molar-refractivity contribution is 6.05. The Morgan fingerprint density at radius 3 is 1.19 bits per heavy atom. The molecule has 15 rings (SSSR count). The molecular formula is C82H91F3N24O9. The lowest BCUT2D eigenvalue weighted by molar-refractivity contribution is -0.156. The number of carbonyl (C=O) groups excluding carboxylic acids is 6. The average molecular weight is 1610 g/mol. The van der Waals surface area contributed by atoms with Crippen LogP contribution in [0, 0.1) is 73.9 Å². The van der Waals surface area contributed by atoms with Crippen LogP contribution in [-0.2, 0) is 38.8 Å². The van der Waals surface area contributed by atoms with Gasteiger partial charge in [-0.05, 0) is 156 Å². The van der Waals surface area contributed by atoms with Crippen LogP contribution in [0.4, 0.5) is 35.4 Å². The molecule has 3 saturated heterocycles. The van der Waals surface area contributed by atoms with Gasteiger partial charge in [0.1, 0.15) is 56.8 Å². The molecule has 0 radical (unpaired) electrons. The number of rotatable bonds is 15. The lowest BCUT2D eigenvalue weighted by atomic mass is 9.65. The summed E-state index contributed by atoms with van der Waals surface area (Å²) in [7, 11) is 0. The Morgan fingerprint density at radius 2 is 0.898 bits per heavy atom. The summed E-state index contributed by atoms with van der Waals surface area (Å²) < 4.78 is 47.0. The van der Waals surface area contributed by atoms with Crippen molar-refractivity contribution in [3.05, 3.63) is 160 Å². The number of hydrogen-bond acceptors (Lipinski definition) is 21. The van der Waals surface area contributed by atoms with E-state index in [1.807, 2.05) is 81.3 Å². The lowest BCUT2D eigenvalue weighted by Gasteiger charge is -2.45. The first-order valence-corrected chi connectivity index (χ1v) is 37.3. The zero-order valence-corrected chi connectivity index (χ0v) is 64.8. The minimum absolute atomic E-state index is 0. The molecule has 14 N–H and O–H groups in total. The molecular weight excluding hydrogens is 1520 g/mol. The van der Waals surface area contributed by atoms with Gasteiger partial charge in [0.15, 0.2) is 0 Å². The number of alkyl halides is 3. The number of nitrogens with two attached hydrogens (primary N) is 6. The van der Waals surface area contributed by atoms with Gasteiger partial charge in [0.2, 0.25) is 6.29 Å². The number of aromatic nitrogens is 12. The highest BCUT2D eigenvalue weighted by atomic mass is 19.4. The van der Waals surface area contributed by atoms with Gasteiger partial charge in [0.05, 0.1) is 91.2 Å². The Kier molecular flexibility index (Phi) is 26.2. The summed E-state index contributed by atoms with van der Waals surface area (Å²) in [5.74, 6) is 7.05. The fourth-order valence-electron chi connectivity index (χ4n) is 16.0. The van der Waals surface area contributed by atoms with Gasteiger partial charge in [-0.25, -0.2) is 23.6 Å². The molecule has 3 saturated carbocycles.